The van der Waals surface area contributed by atoms with Crippen molar-refractivity contribution >= 4 is 23.5 Å². The van der Waals surface area contributed by atoms with Crippen LogP contribution in [0.15, 0.2) is 0 Å². The first-order chi connectivity index (χ1) is 18.9. The van der Waals surface area contributed by atoms with Crippen molar-refractivity contribution in [2.75, 3.05) is 0 Å². The van der Waals surface area contributed by atoms with Crippen molar-refractivity contribution in [2.45, 2.75) is 125 Å². The van der Waals surface area contributed by atoms with Gasteiger partial charge in [0, 0.05) is 29.6 Å². The van der Waals surface area contributed by atoms with Gasteiger partial charge < -0.3 is 39.0 Å². The molecular weight excluding hydrogens is 540 g/mol. The molecule has 41 heavy (non-hydrogen) atoms. The lowest BCUT2D eigenvalue weighted by Gasteiger charge is -2.51. The van der Waals surface area contributed by atoms with Crippen molar-refractivity contribution < 1.29 is 58.2 Å². The number of ketones is 2. The summed E-state index contributed by atoms with van der Waals surface area (Å²) in [6, 6.07) is 0. The van der Waals surface area contributed by atoms with Crippen LogP contribution in [0.4, 0.5) is 0 Å². The highest BCUT2D eigenvalue weighted by molar-refractivity contribution is 6.00. The Morgan fingerprint density at radius 3 is 2.34 bits per heavy atom. The van der Waals surface area contributed by atoms with E-state index in [-0.39, 0.29) is 32.1 Å². The first kappa shape index (κ1) is 26.7. The fourth-order valence-electron chi connectivity index (χ4n) is 10.8. The van der Waals surface area contributed by atoms with Crippen LogP contribution < -0.4 is 0 Å². The van der Waals surface area contributed by atoms with E-state index in [0.717, 1.165) is 0 Å². The van der Waals surface area contributed by atoms with E-state index in [1.165, 1.54) is 13.8 Å². The zero-order valence-corrected chi connectivity index (χ0v) is 23.7. The fourth-order valence-corrected chi connectivity index (χ4v) is 10.8. The molecule has 0 unspecified atom stereocenters. The molecule has 8 fully saturated rings. The second-order valence-corrected chi connectivity index (χ2v) is 15.0. The Kier molecular flexibility index (Phi) is 4.58. The minimum absolute atomic E-state index is 0.0300. The van der Waals surface area contributed by atoms with Crippen molar-refractivity contribution in [3.63, 3.8) is 0 Å². The molecule has 6 saturated heterocycles. The summed E-state index contributed by atoms with van der Waals surface area (Å²) in [5.41, 5.74) is -8.87. The molecular formula is C29H36O12. The molecule has 12 nitrogen and oxygen atoms in total. The van der Waals surface area contributed by atoms with E-state index in [1.807, 2.05) is 13.8 Å². The number of hydrogen-bond donors (Lipinski definition) is 3. The second kappa shape index (κ2) is 7.05. The van der Waals surface area contributed by atoms with Crippen LogP contribution in [0, 0.1) is 29.1 Å². The van der Waals surface area contributed by atoms with E-state index in [9.17, 15) is 34.5 Å². The van der Waals surface area contributed by atoms with Gasteiger partial charge in [0.25, 0.3) is 0 Å². The summed E-state index contributed by atoms with van der Waals surface area (Å²) in [5.74, 6) is -8.44. The molecule has 2 aliphatic carbocycles. The van der Waals surface area contributed by atoms with Gasteiger partial charge in [0.1, 0.15) is 29.5 Å². The Morgan fingerprint density at radius 2 is 1.63 bits per heavy atom. The van der Waals surface area contributed by atoms with Gasteiger partial charge in [-0.15, -0.1) is 0 Å². The Labute approximate surface area is 236 Å². The summed E-state index contributed by atoms with van der Waals surface area (Å²) >= 11 is 0. The number of Topliss-reactive ketones (excluding diaryl/α,β-unsaturated/α-hetero) is 2. The molecule has 2 saturated carbocycles. The van der Waals surface area contributed by atoms with Crippen LogP contribution in [0.3, 0.4) is 0 Å². The van der Waals surface area contributed by atoms with Gasteiger partial charge in [-0.25, -0.2) is 4.79 Å². The Bertz CT molecular complexity index is 1340. The molecule has 6 aliphatic heterocycles. The average Bonchev–Trinajstić information content (AvgIpc) is 3.42. The second-order valence-electron chi connectivity index (χ2n) is 15.0. The Hall–Kier alpha value is -1.96. The van der Waals surface area contributed by atoms with Crippen LogP contribution in [0.1, 0.15) is 66.7 Å². The third kappa shape index (κ3) is 2.67. The van der Waals surface area contributed by atoms with E-state index in [4.69, 9.17) is 23.7 Å². The molecule has 0 radical (unpaired) electrons. The predicted molar refractivity (Wildman–Crippen MR) is 131 cm³/mol. The zero-order chi connectivity index (χ0) is 29.5. The van der Waals surface area contributed by atoms with E-state index in [2.05, 4.69) is 0 Å². The highest BCUT2D eigenvalue weighted by atomic mass is 16.7. The summed E-state index contributed by atoms with van der Waals surface area (Å²) in [7, 11) is 0. The van der Waals surface area contributed by atoms with Crippen LogP contribution in [0.2, 0.25) is 0 Å². The van der Waals surface area contributed by atoms with Crippen molar-refractivity contribution in [3.8, 4) is 0 Å². The average molecular weight is 577 g/mol. The zero-order valence-electron chi connectivity index (χ0n) is 23.7. The summed E-state index contributed by atoms with van der Waals surface area (Å²) in [5, 5.41) is 34.7. The molecule has 6 heterocycles. The van der Waals surface area contributed by atoms with E-state index < -0.39 is 111 Å². The third-order valence-corrected chi connectivity index (χ3v) is 12.4. The molecule has 3 N–H and O–H groups in total. The summed E-state index contributed by atoms with van der Waals surface area (Å²) in [6.07, 6.45) is -3.98. The van der Waals surface area contributed by atoms with Crippen molar-refractivity contribution in [3.05, 3.63) is 0 Å². The number of rotatable bonds is 0. The van der Waals surface area contributed by atoms with Gasteiger partial charge in [0.15, 0.2) is 11.4 Å². The molecule has 12 heteroatoms. The topological polar surface area (TPSA) is 175 Å². The van der Waals surface area contributed by atoms with Gasteiger partial charge in [-0.2, -0.15) is 0 Å². The molecule has 0 aromatic heterocycles. The lowest BCUT2D eigenvalue weighted by atomic mass is 9.60. The van der Waals surface area contributed by atoms with Gasteiger partial charge >= 0.3 is 11.9 Å². The highest BCUT2D eigenvalue weighted by Crippen LogP contribution is 2.72. The molecule has 2 bridgehead atoms. The normalized spacial score (nSPS) is 61.3. The van der Waals surface area contributed by atoms with E-state index in [1.54, 1.807) is 6.92 Å². The largest absolute Gasteiger partial charge is 0.457 e. The number of hydrogen-bond acceptors (Lipinski definition) is 12. The summed E-state index contributed by atoms with van der Waals surface area (Å²) < 4.78 is 31.3. The number of aliphatic hydroxyl groups is 3. The van der Waals surface area contributed by atoms with Crippen LogP contribution in [-0.4, -0.2) is 97.0 Å². The number of fused-ring (bicyclic) bond motifs is 2. The Morgan fingerprint density at radius 1 is 0.927 bits per heavy atom. The molecule has 0 aromatic rings. The van der Waals surface area contributed by atoms with Gasteiger partial charge in [0.05, 0.1) is 29.6 Å². The van der Waals surface area contributed by atoms with Crippen LogP contribution >= 0.6 is 0 Å². The maximum atomic E-state index is 14.8. The quantitative estimate of drug-likeness (QED) is 0.322. The molecule has 8 rings (SSSR count). The standard InChI is InChI=1S/C29H36O12/c1-23(2)12-8-11(30)15-19(32)29-18-16(17-20(40-29)26(5,36)22(34)37-17)25(4,35)21(33)24(18,3)6-7-27(15,41-29)10-28(12)13(38-23)9-14(31)39-28/h11-13,15-18,20,30,35-36H,6-10H2,1-5H3/t11-,12-,13+,15-,16+,17+,18-,20-,24-,25+,26+,27-,28+,29-/m0/s1. The van der Waals surface area contributed by atoms with Crippen molar-refractivity contribution in [1.82, 2.24) is 0 Å². The SMILES string of the molecule is CC1(C)O[C@@H]2CC(=O)O[C@@]23C[C@]24CC[C@]5(C)C(=O)[C@](C)(O)[C@@H]6[C@H]7OC(=O)[C@](C)(O)[C@H]7O[C@@](O2)(C(=O)[C@@H]4[C@@H](O)C[C@@H]13)[C@@H]65. The lowest BCUT2D eigenvalue weighted by molar-refractivity contribution is -0.344. The van der Waals surface area contributed by atoms with Gasteiger partial charge in [0.2, 0.25) is 11.6 Å². The first-order valence-electron chi connectivity index (χ1n) is 14.6. The predicted octanol–water partition coefficient (Wildman–Crippen LogP) is -0.288. The number of aliphatic hydroxyl groups excluding tert-OH is 1. The van der Waals surface area contributed by atoms with Crippen molar-refractivity contribution in [1.29, 1.82) is 0 Å². The summed E-state index contributed by atoms with van der Waals surface area (Å²) in [6.45, 7) is 8.00. The fraction of sp³-hybridized carbons (Fsp3) is 0.862. The molecule has 0 aromatic carbocycles. The van der Waals surface area contributed by atoms with Crippen LogP contribution in [0.25, 0.3) is 0 Å². The third-order valence-electron chi connectivity index (χ3n) is 12.4. The monoisotopic (exact) mass is 576 g/mol. The summed E-state index contributed by atoms with van der Waals surface area (Å²) in [4.78, 5) is 54.4. The maximum absolute atomic E-state index is 14.8. The molecule has 0 amide bonds. The number of esters is 2. The first-order valence-corrected chi connectivity index (χ1v) is 14.6. The van der Waals surface area contributed by atoms with Crippen LogP contribution in [-0.2, 0) is 42.9 Å². The number of carbonyl (C=O) groups is 4. The molecule has 14 atom stereocenters. The number of carbonyl (C=O) groups excluding carboxylic acids is 4. The maximum Gasteiger partial charge on any atom is 0.341 e. The highest BCUT2D eigenvalue weighted by Gasteiger charge is 2.86. The lowest BCUT2D eigenvalue weighted by Crippen LogP contribution is -2.67. The number of ether oxygens (including phenoxy) is 5. The van der Waals surface area contributed by atoms with Gasteiger partial charge in [-0.3, -0.25) is 14.4 Å². The molecule has 3 spiro atoms. The van der Waals surface area contributed by atoms with E-state index >= 15 is 0 Å². The minimum Gasteiger partial charge on any atom is -0.457 e. The molecule has 8 aliphatic rings. The van der Waals surface area contributed by atoms with Gasteiger partial charge in [-0.1, -0.05) is 6.92 Å². The van der Waals surface area contributed by atoms with Crippen molar-refractivity contribution in [2.24, 2.45) is 29.1 Å². The molecule has 224 valence electrons. The van der Waals surface area contributed by atoms with Crippen LogP contribution in [0.5, 0.6) is 0 Å². The minimum atomic E-state index is -2.19. The van der Waals surface area contributed by atoms with Gasteiger partial charge in [-0.05, 0) is 47.0 Å². The van der Waals surface area contributed by atoms with E-state index in [0.29, 0.717) is 0 Å². The Balaban J connectivity index is 1.34. The smallest absolute Gasteiger partial charge is 0.341 e.